The van der Waals surface area contributed by atoms with Crippen LogP contribution in [0.1, 0.15) is 0 Å². The molecule has 6 heteroatoms. The topological polar surface area (TPSA) is 98.9 Å². The Kier molecular flexibility index (Phi) is 10.7. The highest BCUT2D eigenvalue weighted by Crippen LogP contribution is 1.92. The summed E-state index contributed by atoms with van der Waals surface area (Å²) in [7, 11) is 3.96. The second-order valence-electron chi connectivity index (χ2n) is 3.14. The number of nitriles is 1. The quantitative estimate of drug-likeness (QED) is 0.355. The first-order valence-corrected chi connectivity index (χ1v) is 4.05. The molecule has 0 saturated heterocycles. The van der Waals surface area contributed by atoms with Gasteiger partial charge in [0.15, 0.2) is 0 Å². The number of aliphatic imine (C=N–C) groups is 1. The largest absolute Gasteiger partial charge is 0.422 e. The highest BCUT2D eigenvalue weighted by Gasteiger charge is 2.11. The van der Waals surface area contributed by atoms with Gasteiger partial charge >= 0.3 is 0 Å². The highest BCUT2D eigenvalue weighted by atomic mass is 16.3. The number of quaternary nitrogens is 1. The third-order valence-electron chi connectivity index (χ3n) is 1.51. The summed E-state index contributed by atoms with van der Waals surface area (Å²) < 4.78 is 0.688. The fourth-order valence-corrected chi connectivity index (χ4v) is 0.676. The molecule has 0 radical (unpaired) electrons. The van der Waals surface area contributed by atoms with Crippen molar-refractivity contribution in [1.82, 2.24) is 0 Å². The third-order valence-corrected chi connectivity index (χ3v) is 1.51. The summed E-state index contributed by atoms with van der Waals surface area (Å²) in [5, 5.41) is 31.9. The zero-order chi connectivity index (χ0) is 11.4. The molecule has 0 rings (SSSR count). The molecule has 0 saturated carbocycles. The van der Waals surface area contributed by atoms with Crippen LogP contribution in [0.5, 0.6) is 0 Å². The average Bonchev–Trinajstić information content (AvgIpc) is 2.06. The zero-order valence-corrected chi connectivity index (χ0v) is 8.51. The van der Waals surface area contributed by atoms with E-state index >= 15 is 0 Å². The standard InChI is InChI=1S/C6H16NO2.C2N3/c1-7(2,3-5-8)4-6-9;3-1-5-2-4/h8-9H,3-6H2,1-2H3;/q+1;-1. The number of rotatable bonds is 4. The molecule has 0 aromatic carbocycles. The van der Waals surface area contributed by atoms with Gasteiger partial charge in [-0.2, -0.15) is 5.26 Å². The first kappa shape index (κ1) is 15.2. The average molecular weight is 200 g/mol. The Morgan fingerprint density at radius 1 is 1.29 bits per heavy atom. The molecule has 0 aliphatic rings. The van der Waals surface area contributed by atoms with Crippen LogP contribution in [0.2, 0.25) is 0 Å². The predicted molar refractivity (Wildman–Crippen MR) is 52.4 cm³/mol. The first-order chi connectivity index (χ1) is 6.54. The van der Waals surface area contributed by atoms with E-state index in [1.807, 2.05) is 14.1 Å². The summed E-state index contributed by atoms with van der Waals surface area (Å²) in [6, 6.07) is 1.28. The number of aliphatic hydroxyl groups excluding tert-OH is 2. The maximum atomic E-state index is 8.53. The van der Waals surface area contributed by atoms with E-state index in [4.69, 9.17) is 20.9 Å². The maximum absolute atomic E-state index is 8.53. The molecule has 0 aromatic rings. The third kappa shape index (κ3) is 13.3. The van der Waals surface area contributed by atoms with Gasteiger partial charge in [-0.1, -0.05) is 0 Å². The highest BCUT2D eigenvalue weighted by molar-refractivity contribution is 5.46. The van der Waals surface area contributed by atoms with Crippen molar-refractivity contribution in [3.05, 3.63) is 5.41 Å². The van der Waals surface area contributed by atoms with Gasteiger partial charge in [-0.15, -0.1) is 6.01 Å². The molecule has 0 aliphatic carbocycles. The Bertz CT molecular complexity index is 208. The molecule has 80 valence electrons. The molecule has 0 unspecified atom stereocenters. The molecular weight excluding hydrogens is 184 g/mol. The number of nitrogens with zero attached hydrogens (tertiary/aromatic N) is 4. The number of hydrogen-bond acceptors (Lipinski definition) is 4. The van der Waals surface area contributed by atoms with Crippen molar-refractivity contribution in [3.63, 3.8) is 0 Å². The lowest BCUT2D eigenvalue weighted by atomic mass is 10.4. The number of likely N-dealkylation sites (N-methyl/N-ethyl adjacent to an activating group) is 1. The van der Waals surface area contributed by atoms with Crippen molar-refractivity contribution in [2.24, 2.45) is 4.99 Å². The Morgan fingerprint density at radius 2 is 1.71 bits per heavy atom. The minimum absolute atomic E-state index is 0.188. The van der Waals surface area contributed by atoms with E-state index in [0.29, 0.717) is 17.6 Å². The minimum atomic E-state index is 0.188. The van der Waals surface area contributed by atoms with Crippen LogP contribution in [-0.2, 0) is 0 Å². The number of hydrogen-bond donors (Lipinski definition) is 2. The lowest BCUT2D eigenvalue weighted by Crippen LogP contribution is -2.43. The van der Waals surface area contributed by atoms with Crippen LogP contribution >= 0.6 is 0 Å². The van der Waals surface area contributed by atoms with Gasteiger partial charge in [-0.3, -0.25) is 0 Å². The van der Waals surface area contributed by atoms with Crippen molar-refractivity contribution in [1.29, 1.82) is 5.26 Å². The fourth-order valence-electron chi connectivity index (χ4n) is 0.676. The molecule has 0 aliphatic heterocycles. The molecular formula is C8H16N4O2. The van der Waals surface area contributed by atoms with E-state index in [1.54, 1.807) is 0 Å². The van der Waals surface area contributed by atoms with E-state index in [-0.39, 0.29) is 13.2 Å². The van der Waals surface area contributed by atoms with Crippen LogP contribution in [0.25, 0.3) is 5.41 Å². The zero-order valence-electron chi connectivity index (χ0n) is 8.51. The van der Waals surface area contributed by atoms with Crippen LogP contribution in [0.15, 0.2) is 4.99 Å². The molecule has 2 N–H and O–H groups in total. The normalized spacial score (nSPS) is 9.07. The summed E-state index contributed by atoms with van der Waals surface area (Å²) >= 11 is 0. The van der Waals surface area contributed by atoms with Gasteiger partial charge in [0.2, 0.25) is 0 Å². The monoisotopic (exact) mass is 200 g/mol. The number of aliphatic hydroxyl groups is 2. The molecule has 0 amide bonds. The maximum Gasteiger partial charge on any atom is 0.102 e. The molecule has 0 bridgehead atoms. The van der Waals surface area contributed by atoms with Crippen LogP contribution in [-0.4, -0.2) is 61.1 Å². The van der Waals surface area contributed by atoms with Crippen LogP contribution in [0, 0.1) is 11.5 Å². The minimum Gasteiger partial charge on any atom is -0.422 e. The lowest BCUT2D eigenvalue weighted by molar-refractivity contribution is -0.890. The second-order valence-corrected chi connectivity index (χ2v) is 3.14. The second kappa shape index (κ2) is 9.84. The van der Waals surface area contributed by atoms with E-state index in [0.717, 1.165) is 0 Å². The van der Waals surface area contributed by atoms with Crippen molar-refractivity contribution in [2.45, 2.75) is 0 Å². The van der Waals surface area contributed by atoms with Crippen LogP contribution in [0.3, 0.4) is 0 Å². The summed E-state index contributed by atoms with van der Waals surface area (Å²) in [4.78, 5) is 2.58. The Hall–Kier alpha value is -1.25. The molecule has 0 atom stereocenters. The van der Waals surface area contributed by atoms with Crippen molar-refractivity contribution >= 4 is 6.01 Å². The Balaban J connectivity index is 0. The van der Waals surface area contributed by atoms with Crippen molar-refractivity contribution in [3.8, 4) is 6.19 Å². The van der Waals surface area contributed by atoms with Gasteiger partial charge in [-0.25, -0.2) is 0 Å². The van der Waals surface area contributed by atoms with Crippen LogP contribution < -0.4 is 0 Å². The summed E-state index contributed by atoms with van der Waals surface area (Å²) in [6.07, 6.45) is 1.28. The van der Waals surface area contributed by atoms with Crippen LogP contribution in [0.4, 0.5) is 0 Å². The van der Waals surface area contributed by atoms with Crippen molar-refractivity contribution in [2.75, 3.05) is 40.4 Å². The summed E-state index contributed by atoms with van der Waals surface area (Å²) in [6.45, 7) is 1.79. The smallest absolute Gasteiger partial charge is 0.102 e. The summed E-state index contributed by atoms with van der Waals surface area (Å²) in [5.74, 6) is 0. The van der Waals surface area contributed by atoms with E-state index < -0.39 is 0 Å². The van der Waals surface area contributed by atoms with E-state index in [2.05, 4.69) is 4.99 Å². The van der Waals surface area contributed by atoms with Gasteiger partial charge in [0, 0.05) is 0 Å². The Labute approximate surface area is 83.8 Å². The van der Waals surface area contributed by atoms with Crippen molar-refractivity contribution < 1.29 is 14.7 Å². The first-order valence-electron chi connectivity index (χ1n) is 4.05. The molecule has 0 aromatic heterocycles. The predicted octanol–water partition coefficient (Wildman–Crippen LogP) is -0.742. The molecule has 0 spiro atoms. The van der Waals surface area contributed by atoms with E-state index in [1.165, 1.54) is 12.2 Å². The summed E-state index contributed by atoms with van der Waals surface area (Å²) in [5.41, 5.74) is 0. The van der Waals surface area contributed by atoms with Gasteiger partial charge in [0.1, 0.15) is 13.1 Å². The van der Waals surface area contributed by atoms with Gasteiger partial charge in [-0.05, 0) is 0 Å². The lowest BCUT2D eigenvalue weighted by Gasteiger charge is -2.27. The van der Waals surface area contributed by atoms with Gasteiger partial charge in [0.25, 0.3) is 0 Å². The SMILES string of the molecule is C[N+](C)(CCO)CCO.N#CN=C=[N-]. The van der Waals surface area contributed by atoms with E-state index in [9.17, 15) is 0 Å². The molecule has 6 nitrogen and oxygen atoms in total. The van der Waals surface area contributed by atoms with Gasteiger partial charge in [0.05, 0.1) is 33.5 Å². The van der Waals surface area contributed by atoms with Gasteiger partial charge < -0.3 is 25.1 Å². The fraction of sp³-hybridized carbons (Fsp3) is 0.750. The molecule has 0 heterocycles. The molecule has 14 heavy (non-hydrogen) atoms. The Morgan fingerprint density at radius 3 is 1.86 bits per heavy atom. The molecule has 0 fully saturated rings.